The number of benzene rings is 1. The Bertz CT molecular complexity index is 570. The van der Waals surface area contributed by atoms with E-state index in [2.05, 4.69) is 52.2 Å². The van der Waals surface area contributed by atoms with Crippen molar-refractivity contribution >= 4 is 22.7 Å². The van der Waals surface area contributed by atoms with E-state index in [0.29, 0.717) is 0 Å². The molecular weight excluding hydrogens is 278 g/mol. The van der Waals surface area contributed by atoms with Gasteiger partial charge in [-0.25, -0.2) is 4.98 Å². The van der Waals surface area contributed by atoms with Gasteiger partial charge in [0.05, 0.1) is 22.6 Å². The van der Waals surface area contributed by atoms with Crippen molar-refractivity contribution in [3.05, 3.63) is 29.1 Å². The average molecular weight is 301 g/mol. The van der Waals surface area contributed by atoms with E-state index in [1.54, 1.807) is 11.3 Å². The van der Waals surface area contributed by atoms with Crippen molar-refractivity contribution in [3.63, 3.8) is 0 Å². The van der Waals surface area contributed by atoms with Crippen molar-refractivity contribution in [3.8, 4) is 11.3 Å². The van der Waals surface area contributed by atoms with Gasteiger partial charge in [0.25, 0.3) is 0 Å². The fourth-order valence-electron chi connectivity index (χ4n) is 3.08. The lowest BCUT2D eigenvalue weighted by Crippen LogP contribution is -2.26. The highest BCUT2D eigenvalue weighted by Crippen LogP contribution is 2.35. The molecule has 0 aliphatic carbocycles. The van der Waals surface area contributed by atoms with E-state index in [9.17, 15) is 0 Å². The standard InChI is InChI=1S/C17H23N3S/c1-3-19(4-2)16-8-7-14(15-12-21-13-18-15)11-17(16)20-9-5-6-10-20/h7-8,11-13H,3-6,9-10H2,1-2H3. The molecule has 0 N–H and O–H groups in total. The number of thiazole rings is 1. The smallest absolute Gasteiger partial charge is 0.0811 e. The lowest BCUT2D eigenvalue weighted by atomic mass is 10.1. The molecule has 0 unspecified atom stereocenters. The Morgan fingerprint density at radius 3 is 2.57 bits per heavy atom. The van der Waals surface area contributed by atoms with E-state index in [4.69, 9.17) is 0 Å². The Labute approximate surface area is 131 Å². The fraction of sp³-hybridized carbons (Fsp3) is 0.471. The molecule has 0 radical (unpaired) electrons. The van der Waals surface area contributed by atoms with Crippen LogP contribution in [0.15, 0.2) is 29.1 Å². The van der Waals surface area contributed by atoms with Gasteiger partial charge in [-0.3, -0.25) is 0 Å². The van der Waals surface area contributed by atoms with Gasteiger partial charge in [-0.15, -0.1) is 11.3 Å². The normalized spacial score (nSPS) is 14.7. The zero-order valence-corrected chi connectivity index (χ0v) is 13.7. The lowest BCUT2D eigenvalue weighted by Gasteiger charge is -2.29. The molecule has 0 spiro atoms. The predicted molar refractivity (Wildman–Crippen MR) is 92.6 cm³/mol. The van der Waals surface area contributed by atoms with Crippen LogP contribution in [0.1, 0.15) is 26.7 Å². The van der Waals surface area contributed by atoms with Gasteiger partial charge in [-0.05, 0) is 38.8 Å². The first-order valence-electron chi connectivity index (χ1n) is 7.86. The zero-order valence-electron chi connectivity index (χ0n) is 12.9. The summed E-state index contributed by atoms with van der Waals surface area (Å²) in [7, 11) is 0. The number of nitrogens with zero attached hydrogens (tertiary/aromatic N) is 3. The van der Waals surface area contributed by atoms with Gasteiger partial charge >= 0.3 is 0 Å². The SMILES string of the molecule is CCN(CC)c1ccc(-c2cscn2)cc1N1CCCC1. The number of aromatic nitrogens is 1. The van der Waals surface area contributed by atoms with Crippen molar-refractivity contribution in [1.29, 1.82) is 0 Å². The highest BCUT2D eigenvalue weighted by Gasteiger charge is 2.19. The third-order valence-corrected chi connectivity index (χ3v) is 4.84. The van der Waals surface area contributed by atoms with Gasteiger partial charge in [-0.1, -0.05) is 6.07 Å². The molecule has 4 heteroatoms. The Kier molecular flexibility index (Phi) is 4.44. The Morgan fingerprint density at radius 2 is 1.95 bits per heavy atom. The van der Waals surface area contributed by atoms with Gasteiger partial charge in [-0.2, -0.15) is 0 Å². The molecule has 0 bridgehead atoms. The van der Waals surface area contributed by atoms with Crippen LogP contribution in [0, 0.1) is 0 Å². The van der Waals surface area contributed by atoms with E-state index in [1.807, 2.05) is 5.51 Å². The van der Waals surface area contributed by atoms with Crippen LogP contribution in [0.5, 0.6) is 0 Å². The second-order valence-corrected chi connectivity index (χ2v) is 6.16. The number of hydrogen-bond donors (Lipinski definition) is 0. The van der Waals surface area contributed by atoms with Crippen LogP contribution < -0.4 is 9.80 Å². The molecule has 0 saturated carbocycles. The van der Waals surface area contributed by atoms with Crippen molar-refractivity contribution in [2.45, 2.75) is 26.7 Å². The molecule has 21 heavy (non-hydrogen) atoms. The molecule has 112 valence electrons. The molecule has 1 aromatic carbocycles. The van der Waals surface area contributed by atoms with Gasteiger partial charge in [0.15, 0.2) is 0 Å². The molecule has 1 aliphatic heterocycles. The molecular formula is C17H23N3S. The van der Waals surface area contributed by atoms with Crippen molar-refractivity contribution < 1.29 is 0 Å². The molecule has 0 atom stereocenters. The summed E-state index contributed by atoms with van der Waals surface area (Å²) in [5.41, 5.74) is 6.96. The molecule has 1 aromatic heterocycles. The maximum absolute atomic E-state index is 4.46. The third kappa shape index (κ3) is 2.91. The van der Waals surface area contributed by atoms with Crippen LogP contribution in [-0.4, -0.2) is 31.2 Å². The summed E-state index contributed by atoms with van der Waals surface area (Å²) in [6.45, 7) is 8.90. The molecule has 0 amide bonds. The minimum atomic E-state index is 1.05. The monoisotopic (exact) mass is 301 g/mol. The summed E-state index contributed by atoms with van der Waals surface area (Å²) < 4.78 is 0. The van der Waals surface area contributed by atoms with Crippen LogP contribution in [0.25, 0.3) is 11.3 Å². The second-order valence-electron chi connectivity index (χ2n) is 5.44. The van der Waals surface area contributed by atoms with Crippen molar-refractivity contribution in [1.82, 2.24) is 4.98 Å². The Balaban J connectivity index is 2.03. The minimum absolute atomic E-state index is 1.05. The lowest BCUT2D eigenvalue weighted by molar-refractivity contribution is 0.856. The number of anilines is 2. The van der Waals surface area contributed by atoms with Crippen LogP contribution in [0.2, 0.25) is 0 Å². The van der Waals surface area contributed by atoms with E-state index < -0.39 is 0 Å². The first-order chi connectivity index (χ1) is 10.3. The highest BCUT2D eigenvalue weighted by atomic mass is 32.1. The molecule has 1 fully saturated rings. The molecule has 1 aliphatic rings. The number of hydrogen-bond acceptors (Lipinski definition) is 4. The molecule has 1 saturated heterocycles. The fourth-order valence-corrected chi connectivity index (χ4v) is 3.64. The molecule has 2 aromatic rings. The third-order valence-electron chi connectivity index (χ3n) is 4.25. The molecule has 3 rings (SSSR count). The van der Waals surface area contributed by atoms with Crippen LogP contribution in [0.3, 0.4) is 0 Å². The van der Waals surface area contributed by atoms with Gasteiger partial charge < -0.3 is 9.80 Å². The van der Waals surface area contributed by atoms with Crippen LogP contribution >= 0.6 is 11.3 Å². The topological polar surface area (TPSA) is 19.4 Å². The first kappa shape index (κ1) is 14.4. The summed E-state index contributed by atoms with van der Waals surface area (Å²) in [6.07, 6.45) is 2.61. The molecule has 2 heterocycles. The average Bonchev–Trinajstić information content (AvgIpc) is 3.22. The van der Waals surface area contributed by atoms with E-state index in [-0.39, 0.29) is 0 Å². The largest absolute Gasteiger partial charge is 0.370 e. The zero-order chi connectivity index (χ0) is 14.7. The minimum Gasteiger partial charge on any atom is -0.370 e. The van der Waals surface area contributed by atoms with E-state index >= 15 is 0 Å². The quantitative estimate of drug-likeness (QED) is 0.822. The summed E-state index contributed by atoms with van der Waals surface area (Å²) in [5.74, 6) is 0. The maximum Gasteiger partial charge on any atom is 0.0811 e. The van der Waals surface area contributed by atoms with E-state index in [0.717, 1.165) is 18.8 Å². The van der Waals surface area contributed by atoms with Crippen LogP contribution in [0.4, 0.5) is 11.4 Å². The van der Waals surface area contributed by atoms with Gasteiger partial charge in [0, 0.05) is 37.1 Å². The van der Waals surface area contributed by atoms with Gasteiger partial charge in [0.2, 0.25) is 0 Å². The summed E-state index contributed by atoms with van der Waals surface area (Å²) in [5, 5.41) is 2.13. The Hall–Kier alpha value is -1.55. The predicted octanol–water partition coefficient (Wildman–Crippen LogP) is 4.26. The van der Waals surface area contributed by atoms with Crippen LogP contribution in [-0.2, 0) is 0 Å². The van der Waals surface area contributed by atoms with Gasteiger partial charge in [0.1, 0.15) is 0 Å². The molecule has 3 nitrogen and oxygen atoms in total. The Morgan fingerprint density at radius 1 is 1.19 bits per heavy atom. The van der Waals surface area contributed by atoms with Crippen molar-refractivity contribution in [2.75, 3.05) is 36.0 Å². The summed E-state index contributed by atoms with van der Waals surface area (Å²) in [4.78, 5) is 9.43. The maximum atomic E-state index is 4.46. The van der Waals surface area contributed by atoms with E-state index in [1.165, 1.54) is 42.9 Å². The number of rotatable bonds is 5. The first-order valence-corrected chi connectivity index (χ1v) is 8.80. The highest BCUT2D eigenvalue weighted by molar-refractivity contribution is 7.07. The summed E-state index contributed by atoms with van der Waals surface area (Å²) >= 11 is 1.66. The second kappa shape index (κ2) is 6.48. The summed E-state index contributed by atoms with van der Waals surface area (Å²) in [6, 6.07) is 6.81. The van der Waals surface area contributed by atoms with Crippen molar-refractivity contribution in [2.24, 2.45) is 0 Å².